The Balaban J connectivity index is 1.66. The normalized spacial score (nSPS) is 15.5. The average molecular weight is 504 g/mol. The first-order chi connectivity index (χ1) is 17.0. The number of nitrogens with zero attached hydrogens (tertiary/aromatic N) is 2. The van der Waals surface area contributed by atoms with Crippen LogP contribution in [0.5, 0.6) is 0 Å². The minimum atomic E-state index is -0.712. The van der Waals surface area contributed by atoms with E-state index in [2.05, 4.69) is 20.9 Å². The zero-order chi connectivity index (χ0) is 25.0. The molecule has 2 aromatic rings. The monoisotopic (exact) mass is 503 g/mol. The molecule has 1 aliphatic rings. The van der Waals surface area contributed by atoms with Crippen molar-refractivity contribution in [1.29, 1.82) is 0 Å². The molecule has 35 heavy (non-hydrogen) atoms. The molecular formula is C24H33N5O5S. The van der Waals surface area contributed by atoms with Crippen LogP contribution in [0, 0.1) is 0 Å². The molecule has 2 heterocycles. The summed E-state index contributed by atoms with van der Waals surface area (Å²) in [5.41, 5.74) is 1.07. The van der Waals surface area contributed by atoms with Crippen molar-refractivity contribution in [3.05, 3.63) is 36.0 Å². The number of rotatable bonds is 12. The fraction of sp³-hybridized carbons (Fsp3) is 0.500. The van der Waals surface area contributed by atoms with Gasteiger partial charge in [0.05, 0.1) is 13.2 Å². The highest BCUT2D eigenvalue weighted by atomic mass is 32.1. The Labute approximate surface area is 209 Å². The van der Waals surface area contributed by atoms with Gasteiger partial charge in [-0.1, -0.05) is 55.0 Å². The fourth-order valence-electron chi connectivity index (χ4n) is 3.55. The number of aliphatic hydroxyl groups excluding tert-OH is 1. The van der Waals surface area contributed by atoms with E-state index >= 15 is 0 Å². The first-order valence-corrected chi connectivity index (χ1v) is 12.7. The minimum absolute atomic E-state index is 0.0280. The van der Waals surface area contributed by atoms with Gasteiger partial charge in [-0.3, -0.25) is 14.5 Å². The predicted octanol–water partition coefficient (Wildman–Crippen LogP) is 2.11. The molecule has 11 heteroatoms. The third-order valence-electron chi connectivity index (χ3n) is 5.48. The van der Waals surface area contributed by atoms with Crippen LogP contribution in [-0.4, -0.2) is 84.8 Å². The predicted molar refractivity (Wildman–Crippen MR) is 135 cm³/mol. The number of aromatic nitrogens is 1. The van der Waals surface area contributed by atoms with Gasteiger partial charge >= 0.3 is 6.09 Å². The van der Waals surface area contributed by atoms with Crippen LogP contribution in [-0.2, 0) is 9.53 Å². The lowest BCUT2D eigenvalue weighted by atomic mass is 10.1. The van der Waals surface area contributed by atoms with Crippen molar-refractivity contribution in [3.63, 3.8) is 0 Å². The number of anilines is 1. The number of carbonyl (C=O) groups is 3. The third-order valence-corrected chi connectivity index (χ3v) is 6.54. The van der Waals surface area contributed by atoms with Gasteiger partial charge < -0.3 is 25.8 Å². The van der Waals surface area contributed by atoms with E-state index < -0.39 is 18.0 Å². The second-order valence-electron chi connectivity index (χ2n) is 8.10. The average Bonchev–Trinajstić information content (AvgIpc) is 3.32. The van der Waals surface area contributed by atoms with Crippen LogP contribution in [0.15, 0.2) is 30.3 Å². The van der Waals surface area contributed by atoms with E-state index in [0.717, 1.165) is 18.4 Å². The SMILES string of the molecule is CCCCOC(=O)N1CCNCC1C(=O)CNC(=O)c1nc(-c2ccccc2)sc1NCCCO. The molecule has 1 aromatic heterocycles. The molecule has 0 aliphatic carbocycles. The first-order valence-electron chi connectivity index (χ1n) is 11.9. The summed E-state index contributed by atoms with van der Waals surface area (Å²) in [6.45, 7) is 3.83. The third kappa shape index (κ3) is 7.48. The van der Waals surface area contributed by atoms with Gasteiger partial charge in [0.25, 0.3) is 5.91 Å². The lowest BCUT2D eigenvalue weighted by Crippen LogP contribution is -2.58. The summed E-state index contributed by atoms with van der Waals surface area (Å²) >= 11 is 1.34. The number of carbonyl (C=O) groups excluding carboxylic acids is 3. The highest BCUT2D eigenvalue weighted by Crippen LogP contribution is 2.32. The van der Waals surface area contributed by atoms with Gasteiger partial charge in [0.15, 0.2) is 11.5 Å². The maximum Gasteiger partial charge on any atom is 0.410 e. The first kappa shape index (κ1) is 26.6. The van der Waals surface area contributed by atoms with Crippen LogP contribution in [0.25, 0.3) is 10.6 Å². The topological polar surface area (TPSA) is 133 Å². The van der Waals surface area contributed by atoms with Crippen LogP contribution >= 0.6 is 11.3 Å². The van der Waals surface area contributed by atoms with E-state index in [1.165, 1.54) is 16.2 Å². The number of piperazine rings is 1. The van der Waals surface area contributed by atoms with Gasteiger partial charge in [-0.2, -0.15) is 0 Å². The number of thiazole rings is 1. The molecule has 0 spiro atoms. The zero-order valence-electron chi connectivity index (χ0n) is 19.9. The minimum Gasteiger partial charge on any atom is -0.449 e. The van der Waals surface area contributed by atoms with Crippen LogP contribution in [0.1, 0.15) is 36.7 Å². The molecule has 4 N–H and O–H groups in total. The molecule has 1 aromatic carbocycles. The summed E-state index contributed by atoms with van der Waals surface area (Å²) in [5.74, 6) is -0.768. The number of Topliss-reactive ketones (excluding diaryl/α,β-unsaturated/α-hetero) is 1. The Morgan fingerprint density at radius 2 is 2.06 bits per heavy atom. The van der Waals surface area contributed by atoms with Gasteiger partial charge in [0.2, 0.25) is 0 Å². The van der Waals surface area contributed by atoms with E-state index in [4.69, 9.17) is 9.84 Å². The number of hydrogen-bond acceptors (Lipinski definition) is 9. The van der Waals surface area contributed by atoms with Crippen LogP contribution in [0.2, 0.25) is 0 Å². The van der Waals surface area contributed by atoms with E-state index in [1.54, 1.807) is 0 Å². The van der Waals surface area contributed by atoms with Crippen LogP contribution < -0.4 is 16.0 Å². The molecule has 1 unspecified atom stereocenters. The van der Waals surface area contributed by atoms with Gasteiger partial charge in [0, 0.05) is 38.3 Å². The van der Waals surface area contributed by atoms with E-state index in [0.29, 0.717) is 49.2 Å². The largest absolute Gasteiger partial charge is 0.449 e. The van der Waals surface area contributed by atoms with E-state index in [1.807, 2.05) is 37.3 Å². The van der Waals surface area contributed by atoms with Crippen LogP contribution in [0.4, 0.5) is 9.80 Å². The van der Waals surface area contributed by atoms with E-state index in [9.17, 15) is 14.4 Å². The smallest absolute Gasteiger partial charge is 0.410 e. The highest BCUT2D eigenvalue weighted by Gasteiger charge is 2.33. The molecule has 2 amide bonds. The Bertz CT molecular complexity index is 984. The van der Waals surface area contributed by atoms with Crippen molar-refractivity contribution in [2.24, 2.45) is 0 Å². The van der Waals surface area contributed by atoms with Crippen LogP contribution in [0.3, 0.4) is 0 Å². The Morgan fingerprint density at radius 1 is 1.26 bits per heavy atom. The number of ketones is 1. The van der Waals surface area contributed by atoms with Crippen molar-refractivity contribution in [2.75, 3.05) is 51.3 Å². The van der Waals surface area contributed by atoms with Gasteiger partial charge in [-0.25, -0.2) is 9.78 Å². The van der Waals surface area contributed by atoms with Crippen molar-refractivity contribution >= 4 is 34.1 Å². The molecule has 1 atom stereocenters. The van der Waals surface area contributed by atoms with E-state index in [-0.39, 0.29) is 24.6 Å². The Hall–Kier alpha value is -3.02. The molecule has 0 bridgehead atoms. The summed E-state index contributed by atoms with van der Waals surface area (Å²) < 4.78 is 5.29. The second-order valence-corrected chi connectivity index (χ2v) is 9.10. The lowest BCUT2D eigenvalue weighted by molar-refractivity contribution is -0.123. The maximum atomic E-state index is 13.0. The summed E-state index contributed by atoms with van der Waals surface area (Å²) in [6, 6.07) is 8.80. The van der Waals surface area contributed by atoms with Crippen molar-refractivity contribution in [1.82, 2.24) is 20.5 Å². The lowest BCUT2D eigenvalue weighted by Gasteiger charge is -2.34. The second kappa shape index (κ2) is 13.8. The number of nitrogens with one attached hydrogen (secondary N) is 3. The molecular weight excluding hydrogens is 470 g/mol. The molecule has 0 saturated carbocycles. The summed E-state index contributed by atoms with van der Waals surface area (Å²) in [4.78, 5) is 44.3. The Morgan fingerprint density at radius 3 is 2.80 bits per heavy atom. The number of unbranched alkanes of at least 4 members (excludes halogenated alkanes) is 1. The number of aliphatic hydroxyl groups is 1. The molecule has 3 rings (SSSR count). The molecule has 0 radical (unpaired) electrons. The Kier molecular flexibility index (Phi) is 10.5. The van der Waals surface area contributed by atoms with Gasteiger partial charge in [-0.05, 0) is 12.8 Å². The van der Waals surface area contributed by atoms with Gasteiger partial charge in [0.1, 0.15) is 16.1 Å². The van der Waals surface area contributed by atoms with Gasteiger partial charge in [-0.15, -0.1) is 0 Å². The number of hydrogen-bond donors (Lipinski definition) is 4. The number of benzene rings is 1. The molecule has 1 saturated heterocycles. The number of ether oxygens (including phenoxy) is 1. The molecule has 190 valence electrons. The summed E-state index contributed by atoms with van der Waals surface area (Å²) in [5, 5.41) is 19.3. The summed E-state index contributed by atoms with van der Waals surface area (Å²) in [6.07, 6.45) is 1.69. The van der Waals surface area contributed by atoms with Crippen molar-refractivity contribution in [2.45, 2.75) is 32.2 Å². The standard InChI is InChI=1S/C24H33N5O5S/c1-2-3-14-34-24(33)29-12-11-25-15-18(29)19(31)16-27-21(32)20-23(26-10-7-13-30)35-22(28-20)17-8-5-4-6-9-17/h4-6,8-9,18,25-26,30H,2-3,7,10-16H2,1H3,(H,27,32). The fourth-order valence-corrected chi connectivity index (χ4v) is 4.54. The van der Waals surface area contributed by atoms with Crippen molar-refractivity contribution < 1.29 is 24.2 Å². The quantitative estimate of drug-likeness (QED) is 0.324. The maximum absolute atomic E-state index is 13.0. The number of amides is 2. The molecule has 1 fully saturated rings. The van der Waals surface area contributed by atoms with Crippen molar-refractivity contribution in [3.8, 4) is 10.6 Å². The highest BCUT2D eigenvalue weighted by molar-refractivity contribution is 7.19. The molecule has 1 aliphatic heterocycles. The molecule has 10 nitrogen and oxygen atoms in total. The zero-order valence-corrected chi connectivity index (χ0v) is 20.7. The summed E-state index contributed by atoms with van der Waals surface area (Å²) in [7, 11) is 0.